The number of nitrogens with zero attached hydrogens (tertiary/aromatic N) is 2. The van der Waals surface area contributed by atoms with E-state index in [1.54, 1.807) is 0 Å². The maximum Gasteiger partial charge on any atom is 0.490 e. The van der Waals surface area contributed by atoms with Crippen LogP contribution in [0.1, 0.15) is 35.8 Å². The first-order valence-corrected chi connectivity index (χ1v) is 13.9. The van der Waals surface area contributed by atoms with E-state index in [9.17, 15) is 39.6 Å². The molecule has 1 saturated heterocycles. The summed E-state index contributed by atoms with van der Waals surface area (Å²) in [7, 11) is -2.88. The van der Waals surface area contributed by atoms with Crippen LogP contribution in [0.15, 0.2) is 12.1 Å². The van der Waals surface area contributed by atoms with Crippen molar-refractivity contribution in [3.63, 3.8) is 0 Å². The van der Waals surface area contributed by atoms with Crippen LogP contribution in [0.5, 0.6) is 0 Å². The second-order valence-electron chi connectivity index (χ2n) is 8.33. The number of aromatic nitrogens is 1. The second kappa shape index (κ2) is 17.6. The van der Waals surface area contributed by atoms with Gasteiger partial charge in [-0.05, 0) is 44.9 Å². The van der Waals surface area contributed by atoms with Gasteiger partial charge in [-0.3, -0.25) is 9.69 Å². The molecule has 2 rings (SSSR count). The van der Waals surface area contributed by atoms with Gasteiger partial charge in [0.1, 0.15) is 5.82 Å². The third-order valence-corrected chi connectivity index (χ3v) is 6.67. The third-order valence-electron chi connectivity index (χ3n) is 5.06. The number of nitrogens with two attached hydrogens (primary N) is 1. The van der Waals surface area contributed by atoms with Gasteiger partial charge in [0.25, 0.3) is 5.91 Å². The van der Waals surface area contributed by atoms with Gasteiger partial charge in [-0.2, -0.15) is 26.3 Å². The van der Waals surface area contributed by atoms with Gasteiger partial charge in [0.15, 0.2) is 9.84 Å². The van der Waals surface area contributed by atoms with Gasteiger partial charge in [0.2, 0.25) is 0 Å². The molecule has 1 aliphatic rings. The number of anilines is 1. The molecule has 6 N–H and O–H groups in total. The predicted molar refractivity (Wildman–Crippen MR) is 135 cm³/mol. The normalized spacial score (nSPS) is 14.9. The summed E-state index contributed by atoms with van der Waals surface area (Å²) in [6.07, 6.45) is -7.39. The molecule has 0 atom stereocenters. The maximum atomic E-state index is 12.5. The number of carboxylic acid groups (broad SMARTS) is 2. The van der Waals surface area contributed by atoms with Crippen molar-refractivity contribution in [2.45, 2.75) is 38.5 Å². The molecule has 0 aliphatic carbocycles. The van der Waals surface area contributed by atoms with Gasteiger partial charge in [-0.25, -0.2) is 23.0 Å². The first-order chi connectivity index (χ1) is 18.8. The minimum atomic E-state index is -5.08. The van der Waals surface area contributed by atoms with Crippen LogP contribution in [0.3, 0.4) is 0 Å². The molecule has 0 bridgehead atoms. The number of hydrogen-bond donors (Lipinski definition) is 5. The monoisotopic (exact) mass is 625 g/mol. The Morgan fingerprint density at radius 2 is 1.51 bits per heavy atom. The van der Waals surface area contributed by atoms with Crippen molar-refractivity contribution < 1.29 is 59.4 Å². The van der Waals surface area contributed by atoms with Crippen LogP contribution in [0.25, 0.3) is 0 Å². The van der Waals surface area contributed by atoms with Crippen molar-refractivity contribution in [3.8, 4) is 0 Å². The summed E-state index contributed by atoms with van der Waals surface area (Å²) in [6, 6.07) is 3.70. The molecular formula is C22H33F6N5O7S. The van der Waals surface area contributed by atoms with E-state index in [0.29, 0.717) is 50.6 Å². The summed E-state index contributed by atoms with van der Waals surface area (Å²) < 4.78 is 86.4. The molecule has 1 aromatic heterocycles. The number of alkyl halides is 6. The molecule has 0 saturated carbocycles. The number of carbonyl (C=O) groups is 3. The van der Waals surface area contributed by atoms with Crippen molar-refractivity contribution in [3.05, 3.63) is 23.4 Å². The Kier molecular flexibility index (Phi) is 16.2. The molecule has 1 aliphatic heterocycles. The van der Waals surface area contributed by atoms with Gasteiger partial charge in [0.05, 0.1) is 17.1 Å². The molecule has 12 nitrogen and oxygen atoms in total. The van der Waals surface area contributed by atoms with Crippen molar-refractivity contribution in [1.82, 2.24) is 15.2 Å². The van der Waals surface area contributed by atoms with Gasteiger partial charge in [-0.1, -0.05) is 0 Å². The lowest BCUT2D eigenvalue weighted by atomic mass is 10.1. The molecule has 236 valence electrons. The Labute approximate surface area is 232 Å². The number of carboxylic acids is 2. The van der Waals surface area contributed by atoms with Crippen LogP contribution in [-0.4, -0.2) is 109 Å². The van der Waals surface area contributed by atoms with E-state index in [2.05, 4.69) is 20.5 Å². The number of carbonyl (C=O) groups excluding carboxylic acids is 1. The van der Waals surface area contributed by atoms with E-state index in [-0.39, 0.29) is 17.4 Å². The molecule has 1 fully saturated rings. The zero-order valence-electron chi connectivity index (χ0n) is 22.0. The molecule has 1 aromatic rings. The van der Waals surface area contributed by atoms with Crippen molar-refractivity contribution in [2.75, 3.05) is 56.1 Å². The van der Waals surface area contributed by atoms with Crippen molar-refractivity contribution in [2.24, 2.45) is 5.73 Å². The largest absolute Gasteiger partial charge is 0.490 e. The average molecular weight is 626 g/mol. The number of unbranched alkanes of at least 4 members (excludes halogenated alkanes) is 1. The fourth-order valence-corrected chi connectivity index (χ4v) is 4.25. The van der Waals surface area contributed by atoms with E-state index >= 15 is 0 Å². The minimum Gasteiger partial charge on any atom is -0.475 e. The fourth-order valence-electron chi connectivity index (χ4n) is 2.97. The zero-order chi connectivity index (χ0) is 31.9. The lowest BCUT2D eigenvalue weighted by Gasteiger charge is -2.26. The number of amides is 1. The number of halogens is 6. The van der Waals surface area contributed by atoms with Gasteiger partial charge < -0.3 is 26.6 Å². The number of aliphatic carboxylic acids is 2. The summed E-state index contributed by atoms with van der Waals surface area (Å²) in [5.74, 6) is -4.69. The van der Waals surface area contributed by atoms with Crippen LogP contribution < -0.4 is 16.4 Å². The molecule has 0 spiro atoms. The number of aryl methyl sites for hydroxylation is 1. The highest BCUT2D eigenvalue weighted by Gasteiger charge is 2.38. The SMILES string of the molecule is CCNc1nc(CCCCN)ccc1C(=O)NCCN1CCS(=O)(=O)CC1.O=C(O)C(F)(F)F.O=C(O)C(F)(F)F. The van der Waals surface area contributed by atoms with E-state index in [0.717, 1.165) is 25.0 Å². The van der Waals surface area contributed by atoms with Crippen LogP contribution >= 0.6 is 0 Å². The zero-order valence-corrected chi connectivity index (χ0v) is 22.8. The molecule has 2 heterocycles. The molecule has 19 heteroatoms. The summed E-state index contributed by atoms with van der Waals surface area (Å²) >= 11 is 0. The fraction of sp³-hybridized carbons (Fsp3) is 0.636. The second-order valence-corrected chi connectivity index (χ2v) is 10.6. The smallest absolute Gasteiger partial charge is 0.475 e. The Hall–Kier alpha value is -3.19. The standard InChI is InChI=1S/C18H31N5O3S.2C2HF3O2/c1-2-20-17-16(7-6-15(22-17)5-3-4-8-19)18(24)21-9-10-23-11-13-27(25,26)14-12-23;2*3-2(4,5)1(6)7/h6-7H,2-5,8-14,19H2,1H3,(H,20,22)(H,21,24);2*(H,6,7). The highest BCUT2D eigenvalue weighted by atomic mass is 32.2. The number of hydrogen-bond acceptors (Lipinski definition) is 9. The summed E-state index contributed by atoms with van der Waals surface area (Å²) in [5.41, 5.74) is 7.01. The van der Waals surface area contributed by atoms with Crippen molar-refractivity contribution in [1.29, 1.82) is 0 Å². The number of pyridine rings is 1. The minimum absolute atomic E-state index is 0.170. The van der Waals surface area contributed by atoms with Crippen LogP contribution in [-0.2, 0) is 25.8 Å². The average Bonchev–Trinajstić information content (AvgIpc) is 2.85. The Morgan fingerprint density at radius 3 is 1.95 bits per heavy atom. The molecule has 0 radical (unpaired) electrons. The summed E-state index contributed by atoms with van der Waals surface area (Å²) in [5, 5.41) is 20.3. The molecular weight excluding hydrogens is 592 g/mol. The number of sulfone groups is 1. The van der Waals surface area contributed by atoms with Gasteiger partial charge in [0, 0.05) is 38.4 Å². The summed E-state index contributed by atoms with van der Waals surface area (Å²) in [6.45, 7) is 5.49. The highest BCUT2D eigenvalue weighted by Crippen LogP contribution is 2.16. The summed E-state index contributed by atoms with van der Waals surface area (Å²) in [4.78, 5) is 37.0. The number of rotatable bonds is 10. The molecule has 0 unspecified atom stereocenters. The van der Waals surface area contributed by atoms with E-state index in [4.69, 9.17) is 25.5 Å². The first-order valence-electron chi connectivity index (χ1n) is 12.1. The molecule has 0 aromatic carbocycles. The van der Waals surface area contributed by atoms with Gasteiger partial charge in [-0.15, -0.1) is 0 Å². The Bertz CT molecular complexity index is 1060. The van der Waals surface area contributed by atoms with Crippen LogP contribution in [0, 0.1) is 0 Å². The molecule has 41 heavy (non-hydrogen) atoms. The van der Waals surface area contributed by atoms with Crippen LogP contribution in [0.4, 0.5) is 32.2 Å². The van der Waals surface area contributed by atoms with Crippen molar-refractivity contribution >= 4 is 33.5 Å². The van der Waals surface area contributed by atoms with E-state index in [1.807, 2.05) is 19.1 Å². The topological polar surface area (TPSA) is 192 Å². The Morgan fingerprint density at radius 1 is 1.00 bits per heavy atom. The predicted octanol–water partition coefficient (Wildman–Crippen LogP) is 1.52. The van der Waals surface area contributed by atoms with E-state index < -0.39 is 34.1 Å². The van der Waals surface area contributed by atoms with Crippen LogP contribution in [0.2, 0.25) is 0 Å². The Balaban J connectivity index is 0.000000941. The molecule has 1 amide bonds. The lowest BCUT2D eigenvalue weighted by Crippen LogP contribution is -2.43. The quantitative estimate of drug-likeness (QED) is 0.187. The van der Waals surface area contributed by atoms with E-state index in [1.165, 1.54) is 0 Å². The first kappa shape index (κ1) is 37.8. The highest BCUT2D eigenvalue weighted by molar-refractivity contribution is 7.91. The number of nitrogens with one attached hydrogen (secondary N) is 2. The maximum absolute atomic E-state index is 12.5. The lowest BCUT2D eigenvalue weighted by molar-refractivity contribution is -0.193. The van der Waals surface area contributed by atoms with Gasteiger partial charge >= 0.3 is 24.3 Å². The third kappa shape index (κ3) is 16.6.